The van der Waals surface area contributed by atoms with Gasteiger partial charge in [0.15, 0.2) is 0 Å². The molecule has 144 valence electrons. The predicted octanol–water partition coefficient (Wildman–Crippen LogP) is 3.70. The van der Waals surface area contributed by atoms with Crippen LogP contribution in [-0.4, -0.2) is 45.4 Å². The van der Waals surface area contributed by atoms with Crippen LogP contribution in [0.5, 0.6) is 0 Å². The number of benzene rings is 1. The minimum atomic E-state index is -0.383. The average molecular weight is 398 g/mol. The number of nitrogens with zero attached hydrogens (tertiary/aromatic N) is 4. The summed E-state index contributed by atoms with van der Waals surface area (Å²) in [5, 5.41) is 12.3. The minimum Gasteiger partial charge on any atom is -0.317 e. The van der Waals surface area contributed by atoms with Crippen LogP contribution < -0.4 is 5.32 Å². The number of hydrogen-bond acceptors (Lipinski definition) is 5. The maximum absolute atomic E-state index is 13.8. The van der Waals surface area contributed by atoms with Gasteiger partial charge in [0, 0.05) is 53.6 Å². The number of aliphatic imine (C=N–C) groups is 1. The van der Waals surface area contributed by atoms with Crippen molar-refractivity contribution in [3.8, 4) is 11.4 Å². The number of aromatic nitrogens is 3. The number of carbonyl (C=O) groups is 1. The Morgan fingerprint density at radius 2 is 2.36 bits per heavy atom. The SMILES string of the molecule is CN=Cc1cc(NC(=O)N2Cc3c(-c4cscn4)n[nH]c3CC2C)ccc1F. The molecule has 0 spiro atoms. The lowest BCUT2D eigenvalue weighted by Crippen LogP contribution is -2.44. The molecule has 28 heavy (non-hydrogen) atoms. The van der Waals surface area contributed by atoms with E-state index in [1.165, 1.54) is 23.6 Å². The van der Waals surface area contributed by atoms with Crippen LogP contribution in [0.15, 0.2) is 34.1 Å². The van der Waals surface area contributed by atoms with Gasteiger partial charge in [-0.25, -0.2) is 14.2 Å². The van der Waals surface area contributed by atoms with Crippen LogP contribution in [0.3, 0.4) is 0 Å². The van der Waals surface area contributed by atoms with Gasteiger partial charge in [-0.05, 0) is 25.1 Å². The van der Waals surface area contributed by atoms with Gasteiger partial charge in [-0.1, -0.05) is 0 Å². The molecular weight excluding hydrogens is 379 g/mol. The number of nitrogens with one attached hydrogen (secondary N) is 2. The number of hydrogen-bond donors (Lipinski definition) is 2. The quantitative estimate of drug-likeness (QED) is 0.660. The zero-order valence-electron chi connectivity index (χ0n) is 15.4. The van der Waals surface area contributed by atoms with E-state index in [4.69, 9.17) is 0 Å². The summed E-state index contributed by atoms with van der Waals surface area (Å²) >= 11 is 1.51. The van der Waals surface area contributed by atoms with Crippen molar-refractivity contribution in [1.82, 2.24) is 20.1 Å². The third-order valence-corrected chi connectivity index (χ3v) is 5.35. The highest BCUT2D eigenvalue weighted by molar-refractivity contribution is 7.07. The lowest BCUT2D eigenvalue weighted by Gasteiger charge is -2.33. The number of H-pyrrole nitrogens is 1. The summed E-state index contributed by atoms with van der Waals surface area (Å²) in [5.41, 5.74) is 6.21. The number of halogens is 1. The van der Waals surface area contributed by atoms with E-state index < -0.39 is 0 Å². The zero-order valence-corrected chi connectivity index (χ0v) is 16.3. The Hall–Kier alpha value is -3.07. The van der Waals surface area contributed by atoms with E-state index in [1.54, 1.807) is 29.6 Å². The molecule has 0 radical (unpaired) electrons. The maximum atomic E-state index is 13.8. The van der Waals surface area contributed by atoms with Gasteiger partial charge in [-0.3, -0.25) is 10.1 Å². The monoisotopic (exact) mass is 398 g/mol. The molecule has 7 nitrogen and oxygen atoms in total. The molecule has 4 rings (SSSR count). The zero-order chi connectivity index (χ0) is 19.7. The van der Waals surface area contributed by atoms with Gasteiger partial charge < -0.3 is 10.2 Å². The highest BCUT2D eigenvalue weighted by Crippen LogP contribution is 2.30. The van der Waals surface area contributed by atoms with E-state index in [9.17, 15) is 9.18 Å². The van der Waals surface area contributed by atoms with E-state index in [1.807, 2.05) is 12.3 Å². The molecule has 0 bridgehead atoms. The second-order valence-electron chi connectivity index (χ2n) is 6.64. The number of rotatable bonds is 3. The highest BCUT2D eigenvalue weighted by Gasteiger charge is 2.31. The molecule has 2 N–H and O–H groups in total. The molecule has 1 atom stereocenters. The van der Waals surface area contributed by atoms with Crippen LogP contribution in [0.4, 0.5) is 14.9 Å². The molecule has 0 aliphatic carbocycles. The number of anilines is 1. The number of thiazole rings is 1. The molecule has 0 fully saturated rings. The van der Waals surface area contributed by atoms with Crippen molar-refractivity contribution in [2.45, 2.75) is 25.9 Å². The summed E-state index contributed by atoms with van der Waals surface area (Å²) in [5.74, 6) is -0.383. The molecule has 2 amide bonds. The Bertz CT molecular complexity index is 1030. The van der Waals surface area contributed by atoms with Crippen LogP contribution in [0.25, 0.3) is 11.4 Å². The Balaban J connectivity index is 1.56. The average Bonchev–Trinajstić information content (AvgIpc) is 3.33. The van der Waals surface area contributed by atoms with Crippen molar-refractivity contribution in [2.75, 3.05) is 12.4 Å². The van der Waals surface area contributed by atoms with E-state index in [2.05, 4.69) is 25.5 Å². The smallest absolute Gasteiger partial charge is 0.317 e. The van der Waals surface area contributed by atoms with Crippen LogP contribution in [-0.2, 0) is 13.0 Å². The molecule has 9 heteroatoms. The van der Waals surface area contributed by atoms with Crippen LogP contribution in [0.2, 0.25) is 0 Å². The maximum Gasteiger partial charge on any atom is 0.322 e. The Morgan fingerprint density at radius 3 is 3.11 bits per heavy atom. The fraction of sp³-hybridized carbons (Fsp3) is 0.263. The van der Waals surface area contributed by atoms with E-state index in [0.717, 1.165) is 22.6 Å². The summed E-state index contributed by atoms with van der Waals surface area (Å²) in [4.78, 5) is 22.8. The van der Waals surface area contributed by atoms with Gasteiger partial charge in [0.1, 0.15) is 17.2 Å². The van der Waals surface area contributed by atoms with Crippen LogP contribution in [0, 0.1) is 5.82 Å². The fourth-order valence-corrected chi connectivity index (χ4v) is 3.88. The number of amides is 2. The standard InChI is InChI=1S/C19H19FN6OS/c1-11-5-16-14(18(25-24-16)17-9-28-10-22-17)8-26(11)19(27)23-13-3-4-15(20)12(6-13)7-21-2/h3-4,6-7,9-11H,5,8H2,1-2H3,(H,23,27)(H,24,25). The minimum absolute atomic E-state index is 0.00615. The molecule has 0 saturated carbocycles. The summed E-state index contributed by atoms with van der Waals surface area (Å²) in [6.07, 6.45) is 2.10. The fourth-order valence-electron chi connectivity index (χ4n) is 3.34. The first-order chi connectivity index (χ1) is 13.6. The van der Waals surface area contributed by atoms with Gasteiger partial charge in [-0.15, -0.1) is 11.3 Å². The molecular formula is C19H19FN6OS. The number of aromatic amines is 1. The van der Waals surface area contributed by atoms with E-state index in [-0.39, 0.29) is 17.9 Å². The van der Waals surface area contributed by atoms with Crippen molar-refractivity contribution >= 4 is 29.3 Å². The molecule has 3 heterocycles. The normalized spacial score (nSPS) is 16.4. The first-order valence-corrected chi connectivity index (χ1v) is 9.75. The third-order valence-electron chi connectivity index (χ3n) is 4.76. The van der Waals surface area contributed by atoms with Gasteiger partial charge in [0.25, 0.3) is 0 Å². The molecule has 3 aromatic rings. The molecule has 1 aliphatic heterocycles. The Kier molecular flexibility index (Phi) is 4.91. The van der Waals surface area contributed by atoms with Crippen molar-refractivity contribution in [2.24, 2.45) is 4.99 Å². The van der Waals surface area contributed by atoms with Crippen molar-refractivity contribution in [3.05, 3.63) is 51.7 Å². The molecule has 1 aromatic carbocycles. The first kappa shape index (κ1) is 18.3. The summed E-state index contributed by atoms with van der Waals surface area (Å²) in [6, 6.07) is 4.18. The summed E-state index contributed by atoms with van der Waals surface area (Å²) < 4.78 is 13.8. The third kappa shape index (κ3) is 3.40. The summed E-state index contributed by atoms with van der Waals surface area (Å²) in [7, 11) is 1.57. The Labute approximate surface area is 165 Å². The number of carbonyl (C=O) groups excluding carboxylic acids is 1. The van der Waals surface area contributed by atoms with Crippen LogP contribution >= 0.6 is 11.3 Å². The van der Waals surface area contributed by atoms with Crippen LogP contribution in [0.1, 0.15) is 23.7 Å². The molecule has 2 aromatic heterocycles. The van der Waals surface area contributed by atoms with E-state index >= 15 is 0 Å². The second-order valence-corrected chi connectivity index (χ2v) is 7.36. The largest absolute Gasteiger partial charge is 0.322 e. The van der Waals surface area contributed by atoms with Crippen molar-refractivity contribution < 1.29 is 9.18 Å². The Morgan fingerprint density at radius 1 is 1.50 bits per heavy atom. The van der Waals surface area contributed by atoms with E-state index in [0.29, 0.717) is 24.2 Å². The second kappa shape index (κ2) is 7.51. The van der Waals surface area contributed by atoms with Gasteiger partial charge in [0.2, 0.25) is 0 Å². The highest BCUT2D eigenvalue weighted by atomic mass is 32.1. The number of urea groups is 1. The lowest BCUT2D eigenvalue weighted by atomic mass is 9.99. The number of fused-ring (bicyclic) bond motifs is 1. The molecule has 0 saturated heterocycles. The lowest BCUT2D eigenvalue weighted by molar-refractivity contribution is 0.182. The van der Waals surface area contributed by atoms with Gasteiger partial charge >= 0.3 is 6.03 Å². The topological polar surface area (TPSA) is 86.3 Å². The van der Waals surface area contributed by atoms with Gasteiger partial charge in [0.05, 0.1) is 12.1 Å². The molecule has 1 aliphatic rings. The van der Waals surface area contributed by atoms with Crippen molar-refractivity contribution in [1.29, 1.82) is 0 Å². The predicted molar refractivity (Wildman–Crippen MR) is 107 cm³/mol. The summed E-state index contributed by atoms with van der Waals surface area (Å²) in [6.45, 7) is 2.42. The van der Waals surface area contributed by atoms with Crippen molar-refractivity contribution in [3.63, 3.8) is 0 Å². The van der Waals surface area contributed by atoms with Gasteiger partial charge in [-0.2, -0.15) is 5.10 Å². The molecule has 1 unspecified atom stereocenters. The first-order valence-electron chi connectivity index (χ1n) is 8.81.